The molecule has 0 fully saturated rings. The first-order valence-corrected chi connectivity index (χ1v) is 11.9. The number of amides is 2. The van der Waals surface area contributed by atoms with E-state index in [1.165, 1.54) is 11.3 Å². The van der Waals surface area contributed by atoms with Gasteiger partial charge in [0, 0.05) is 0 Å². The number of hydrogen-bond donors (Lipinski definition) is 2. The molecule has 0 saturated heterocycles. The molecule has 2 aromatic carbocycles. The van der Waals surface area contributed by atoms with E-state index < -0.39 is 0 Å². The molecular weight excluding hydrogens is 460 g/mol. The SMILES string of the molecule is CCOc1ccc(C(C)NC(=O)c2sc(NC(=O)c3ccccc3Cl)cc2C)cc1OCC. The zero-order valence-electron chi connectivity index (χ0n) is 19.0. The third kappa shape index (κ3) is 6.06. The highest BCUT2D eigenvalue weighted by Gasteiger charge is 2.19. The van der Waals surface area contributed by atoms with Crippen LogP contribution in [0.2, 0.25) is 5.02 Å². The first kappa shape index (κ1) is 24.6. The molecule has 1 unspecified atom stereocenters. The van der Waals surface area contributed by atoms with Crippen molar-refractivity contribution in [2.75, 3.05) is 18.5 Å². The Kier molecular flexibility index (Phi) is 8.36. The van der Waals surface area contributed by atoms with Gasteiger partial charge in [-0.15, -0.1) is 11.3 Å². The molecule has 1 atom stereocenters. The van der Waals surface area contributed by atoms with E-state index in [0.717, 1.165) is 11.1 Å². The first-order chi connectivity index (χ1) is 15.8. The minimum Gasteiger partial charge on any atom is -0.490 e. The van der Waals surface area contributed by atoms with Crippen molar-refractivity contribution in [3.8, 4) is 11.5 Å². The van der Waals surface area contributed by atoms with Crippen molar-refractivity contribution in [3.63, 3.8) is 0 Å². The maximum atomic E-state index is 13.0. The zero-order chi connectivity index (χ0) is 24.0. The van der Waals surface area contributed by atoms with Crippen LogP contribution in [0.1, 0.15) is 58.0 Å². The third-order valence-corrected chi connectivity index (χ3v) is 6.38. The number of halogens is 1. The average Bonchev–Trinajstić information content (AvgIpc) is 3.15. The maximum absolute atomic E-state index is 13.0. The Hall–Kier alpha value is -3.03. The summed E-state index contributed by atoms with van der Waals surface area (Å²) in [5.74, 6) is 0.791. The van der Waals surface area contributed by atoms with E-state index in [-0.39, 0.29) is 17.9 Å². The van der Waals surface area contributed by atoms with Crippen molar-refractivity contribution in [1.82, 2.24) is 5.32 Å². The first-order valence-electron chi connectivity index (χ1n) is 10.7. The van der Waals surface area contributed by atoms with Gasteiger partial charge in [0.15, 0.2) is 11.5 Å². The van der Waals surface area contributed by atoms with Gasteiger partial charge in [0.25, 0.3) is 11.8 Å². The maximum Gasteiger partial charge on any atom is 0.262 e. The van der Waals surface area contributed by atoms with Crippen LogP contribution in [-0.4, -0.2) is 25.0 Å². The predicted octanol–water partition coefficient (Wildman–Crippen LogP) is 6.25. The largest absolute Gasteiger partial charge is 0.490 e. The number of benzene rings is 2. The second kappa shape index (κ2) is 11.2. The number of carbonyl (C=O) groups is 2. The Bertz CT molecular complexity index is 1150. The fourth-order valence-electron chi connectivity index (χ4n) is 3.28. The Morgan fingerprint density at radius 1 is 1.00 bits per heavy atom. The molecule has 6 nitrogen and oxygen atoms in total. The minimum atomic E-state index is -0.319. The van der Waals surface area contributed by atoms with Crippen LogP contribution in [-0.2, 0) is 0 Å². The van der Waals surface area contributed by atoms with Crippen LogP contribution < -0.4 is 20.1 Å². The van der Waals surface area contributed by atoms with E-state index >= 15 is 0 Å². The molecule has 0 radical (unpaired) electrons. The van der Waals surface area contributed by atoms with Crippen molar-refractivity contribution < 1.29 is 19.1 Å². The molecular formula is C25H27ClN2O4S. The number of nitrogens with one attached hydrogen (secondary N) is 2. The zero-order valence-corrected chi connectivity index (χ0v) is 20.6. The molecule has 1 heterocycles. The van der Waals surface area contributed by atoms with E-state index in [1.54, 1.807) is 30.3 Å². The van der Waals surface area contributed by atoms with Crippen molar-refractivity contribution in [2.45, 2.75) is 33.7 Å². The number of aryl methyl sites for hydroxylation is 1. The number of thiophene rings is 1. The standard InChI is InChI=1S/C25H27ClN2O4S/c1-5-31-20-12-11-17(14-21(20)32-6-2)16(4)27-25(30)23-15(3)13-22(33-23)28-24(29)18-9-7-8-10-19(18)26/h7-14,16H,5-6H2,1-4H3,(H,27,30)(H,28,29). The molecule has 33 heavy (non-hydrogen) atoms. The summed E-state index contributed by atoms with van der Waals surface area (Å²) in [6.07, 6.45) is 0. The van der Waals surface area contributed by atoms with E-state index in [9.17, 15) is 9.59 Å². The molecule has 2 amide bonds. The molecule has 0 spiro atoms. The fraction of sp³-hybridized carbons (Fsp3) is 0.280. The van der Waals surface area contributed by atoms with Gasteiger partial charge >= 0.3 is 0 Å². The smallest absolute Gasteiger partial charge is 0.262 e. The second-order valence-electron chi connectivity index (χ2n) is 7.32. The molecule has 0 bridgehead atoms. The topological polar surface area (TPSA) is 76.7 Å². The molecule has 0 aliphatic carbocycles. The lowest BCUT2D eigenvalue weighted by atomic mass is 10.1. The lowest BCUT2D eigenvalue weighted by Crippen LogP contribution is -2.26. The van der Waals surface area contributed by atoms with Crippen LogP contribution >= 0.6 is 22.9 Å². The third-order valence-electron chi connectivity index (χ3n) is 4.89. The number of hydrogen-bond acceptors (Lipinski definition) is 5. The quantitative estimate of drug-likeness (QED) is 0.374. The predicted molar refractivity (Wildman–Crippen MR) is 133 cm³/mol. The molecule has 2 N–H and O–H groups in total. The van der Waals surface area contributed by atoms with E-state index in [0.29, 0.717) is 45.2 Å². The Balaban J connectivity index is 1.72. The highest BCUT2D eigenvalue weighted by Crippen LogP contribution is 2.32. The van der Waals surface area contributed by atoms with Crippen molar-refractivity contribution in [3.05, 3.63) is 75.1 Å². The van der Waals surface area contributed by atoms with Gasteiger partial charge in [0.1, 0.15) is 0 Å². The number of carbonyl (C=O) groups excluding carboxylic acids is 2. The Morgan fingerprint density at radius 2 is 1.70 bits per heavy atom. The van der Waals surface area contributed by atoms with Crippen LogP contribution in [0, 0.1) is 6.92 Å². The van der Waals surface area contributed by atoms with E-state index in [4.69, 9.17) is 21.1 Å². The van der Waals surface area contributed by atoms with Crippen LogP contribution in [0.5, 0.6) is 11.5 Å². The molecule has 8 heteroatoms. The van der Waals surface area contributed by atoms with Crippen molar-refractivity contribution in [2.24, 2.45) is 0 Å². The van der Waals surface area contributed by atoms with Gasteiger partial charge in [-0.1, -0.05) is 29.8 Å². The summed E-state index contributed by atoms with van der Waals surface area (Å²) in [6, 6.07) is 14.0. The van der Waals surface area contributed by atoms with Crippen LogP contribution in [0.15, 0.2) is 48.5 Å². The summed E-state index contributed by atoms with van der Waals surface area (Å²) in [4.78, 5) is 26.0. The van der Waals surface area contributed by atoms with Crippen LogP contribution in [0.3, 0.4) is 0 Å². The number of rotatable bonds is 9. The summed E-state index contributed by atoms with van der Waals surface area (Å²) in [5, 5.41) is 6.80. The van der Waals surface area contributed by atoms with Crippen molar-refractivity contribution >= 4 is 39.8 Å². The molecule has 174 valence electrons. The van der Waals surface area contributed by atoms with Crippen LogP contribution in [0.25, 0.3) is 0 Å². The van der Waals surface area contributed by atoms with E-state index in [1.807, 2.05) is 45.9 Å². The number of anilines is 1. The highest BCUT2D eigenvalue weighted by atomic mass is 35.5. The van der Waals surface area contributed by atoms with Gasteiger partial charge in [-0.05, 0) is 69.2 Å². The summed E-state index contributed by atoms with van der Waals surface area (Å²) in [7, 11) is 0. The minimum absolute atomic E-state index is 0.213. The molecule has 3 aromatic rings. The molecule has 0 aliphatic heterocycles. The summed E-state index contributed by atoms with van der Waals surface area (Å²) < 4.78 is 11.3. The normalized spacial score (nSPS) is 11.5. The van der Waals surface area contributed by atoms with Gasteiger partial charge in [-0.25, -0.2) is 0 Å². The van der Waals surface area contributed by atoms with Crippen LogP contribution in [0.4, 0.5) is 5.00 Å². The van der Waals surface area contributed by atoms with Gasteiger partial charge in [-0.3, -0.25) is 9.59 Å². The van der Waals surface area contributed by atoms with Crippen molar-refractivity contribution in [1.29, 1.82) is 0 Å². The molecule has 0 saturated carbocycles. The average molecular weight is 487 g/mol. The van der Waals surface area contributed by atoms with Gasteiger partial charge < -0.3 is 20.1 Å². The monoisotopic (exact) mass is 486 g/mol. The molecule has 3 rings (SSSR count). The lowest BCUT2D eigenvalue weighted by Gasteiger charge is -2.17. The summed E-state index contributed by atoms with van der Waals surface area (Å²) in [6.45, 7) is 8.63. The fourth-order valence-corrected chi connectivity index (χ4v) is 4.47. The van der Waals surface area contributed by atoms with E-state index in [2.05, 4.69) is 10.6 Å². The van der Waals surface area contributed by atoms with Gasteiger partial charge in [0.05, 0.1) is 39.7 Å². The van der Waals surface area contributed by atoms with Gasteiger partial charge in [-0.2, -0.15) is 0 Å². The molecule has 1 aromatic heterocycles. The Labute approximate surface area is 202 Å². The number of ether oxygens (including phenoxy) is 2. The highest BCUT2D eigenvalue weighted by molar-refractivity contribution is 7.18. The lowest BCUT2D eigenvalue weighted by molar-refractivity contribution is 0.0942. The molecule has 0 aliphatic rings. The van der Waals surface area contributed by atoms with Gasteiger partial charge in [0.2, 0.25) is 0 Å². The summed E-state index contributed by atoms with van der Waals surface area (Å²) >= 11 is 7.33. The second-order valence-corrected chi connectivity index (χ2v) is 8.78. The summed E-state index contributed by atoms with van der Waals surface area (Å²) in [5.41, 5.74) is 2.06. The Morgan fingerprint density at radius 3 is 2.39 bits per heavy atom.